The van der Waals surface area contributed by atoms with Gasteiger partial charge in [-0.3, -0.25) is 4.79 Å². The van der Waals surface area contributed by atoms with Crippen LogP contribution in [0.4, 0.5) is 0 Å². The minimum absolute atomic E-state index is 0.251. The van der Waals surface area contributed by atoms with Gasteiger partial charge in [0.1, 0.15) is 12.0 Å². The number of benzene rings is 1. The van der Waals surface area contributed by atoms with Crippen LogP contribution in [0.2, 0.25) is 0 Å². The molecule has 132 valence electrons. The SMILES string of the molecule is CCOc1ccc(-c2cc(C(=O)NCCC=O)c3cccnc3n2)cc1. The first-order chi connectivity index (χ1) is 12.7. The Morgan fingerprint density at radius 2 is 2.04 bits per heavy atom. The number of ether oxygens (including phenoxy) is 1. The van der Waals surface area contributed by atoms with E-state index in [-0.39, 0.29) is 12.3 Å². The van der Waals surface area contributed by atoms with Gasteiger partial charge in [-0.25, -0.2) is 9.97 Å². The summed E-state index contributed by atoms with van der Waals surface area (Å²) in [6.07, 6.45) is 2.70. The average Bonchev–Trinajstić information content (AvgIpc) is 2.68. The van der Waals surface area contributed by atoms with Gasteiger partial charge in [0.2, 0.25) is 0 Å². The lowest BCUT2D eigenvalue weighted by molar-refractivity contribution is -0.107. The minimum atomic E-state index is -0.251. The summed E-state index contributed by atoms with van der Waals surface area (Å²) in [7, 11) is 0. The van der Waals surface area contributed by atoms with Crippen LogP contribution < -0.4 is 10.1 Å². The Labute approximate surface area is 151 Å². The van der Waals surface area contributed by atoms with Crippen molar-refractivity contribution in [3.05, 3.63) is 54.2 Å². The molecule has 0 atom stereocenters. The number of aromatic nitrogens is 2. The van der Waals surface area contributed by atoms with E-state index in [1.54, 1.807) is 18.3 Å². The first-order valence-corrected chi connectivity index (χ1v) is 8.43. The fourth-order valence-corrected chi connectivity index (χ4v) is 2.62. The topological polar surface area (TPSA) is 81.2 Å². The van der Waals surface area contributed by atoms with Gasteiger partial charge in [-0.2, -0.15) is 0 Å². The summed E-state index contributed by atoms with van der Waals surface area (Å²) in [5.74, 6) is 0.529. The number of nitrogens with zero attached hydrogens (tertiary/aromatic N) is 2. The number of rotatable bonds is 7. The quantitative estimate of drug-likeness (QED) is 0.524. The summed E-state index contributed by atoms with van der Waals surface area (Å²) >= 11 is 0. The molecule has 26 heavy (non-hydrogen) atoms. The standard InChI is InChI=1S/C20H19N3O3/c1-2-26-15-8-6-14(7-9-15)18-13-17(20(25)22-11-4-12-24)16-5-3-10-21-19(16)23-18/h3,5-10,12-13H,2,4,11H2,1H3,(H,22,25). The number of carbonyl (C=O) groups excluding carboxylic acids is 2. The van der Waals surface area contributed by atoms with Crippen molar-refractivity contribution in [1.82, 2.24) is 15.3 Å². The normalized spacial score (nSPS) is 10.5. The third-order valence-electron chi connectivity index (χ3n) is 3.84. The highest BCUT2D eigenvalue weighted by molar-refractivity contribution is 6.06. The van der Waals surface area contributed by atoms with Crippen molar-refractivity contribution in [2.24, 2.45) is 0 Å². The number of aldehydes is 1. The first-order valence-electron chi connectivity index (χ1n) is 8.43. The lowest BCUT2D eigenvalue weighted by atomic mass is 10.1. The zero-order chi connectivity index (χ0) is 18.4. The summed E-state index contributed by atoms with van der Waals surface area (Å²) in [5.41, 5.74) is 2.50. The van der Waals surface area contributed by atoms with Crippen LogP contribution in [0.15, 0.2) is 48.7 Å². The van der Waals surface area contributed by atoms with Gasteiger partial charge in [-0.1, -0.05) is 0 Å². The highest BCUT2D eigenvalue weighted by Gasteiger charge is 2.14. The Hall–Kier alpha value is -3.28. The molecule has 0 saturated heterocycles. The molecule has 6 heteroatoms. The molecule has 0 spiro atoms. The van der Waals surface area contributed by atoms with Crippen LogP contribution in [0, 0.1) is 0 Å². The number of hydrogen-bond acceptors (Lipinski definition) is 5. The first kappa shape index (κ1) is 17.5. The van der Waals surface area contributed by atoms with Crippen molar-refractivity contribution in [1.29, 1.82) is 0 Å². The van der Waals surface area contributed by atoms with Crippen molar-refractivity contribution < 1.29 is 14.3 Å². The van der Waals surface area contributed by atoms with Gasteiger partial charge in [0, 0.05) is 30.1 Å². The van der Waals surface area contributed by atoms with Crippen molar-refractivity contribution >= 4 is 23.2 Å². The number of nitrogens with one attached hydrogen (secondary N) is 1. The summed E-state index contributed by atoms with van der Waals surface area (Å²) in [6, 6.07) is 12.9. The summed E-state index contributed by atoms with van der Waals surface area (Å²) < 4.78 is 5.46. The second-order valence-corrected chi connectivity index (χ2v) is 5.60. The molecular weight excluding hydrogens is 330 g/mol. The van der Waals surface area contributed by atoms with Crippen molar-refractivity contribution in [2.45, 2.75) is 13.3 Å². The second kappa shape index (κ2) is 8.20. The molecule has 2 heterocycles. The van der Waals surface area contributed by atoms with Gasteiger partial charge in [-0.15, -0.1) is 0 Å². The smallest absolute Gasteiger partial charge is 0.252 e. The van der Waals surface area contributed by atoms with E-state index in [0.717, 1.165) is 17.6 Å². The molecule has 0 bridgehead atoms. The Bertz CT molecular complexity index is 923. The molecule has 1 amide bonds. The van der Waals surface area contributed by atoms with Crippen molar-refractivity contribution in [3.8, 4) is 17.0 Å². The van der Waals surface area contributed by atoms with E-state index in [4.69, 9.17) is 4.74 Å². The second-order valence-electron chi connectivity index (χ2n) is 5.60. The molecular formula is C20H19N3O3. The lowest BCUT2D eigenvalue weighted by Crippen LogP contribution is -2.25. The molecule has 1 aromatic carbocycles. The highest BCUT2D eigenvalue weighted by atomic mass is 16.5. The molecule has 3 aromatic rings. The predicted molar refractivity (Wildman–Crippen MR) is 99.2 cm³/mol. The zero-order valence-corrected chi connectivity index (χ0v) is 14.4. The average molecular weight is 349 g/mol. The van der Waals surface area contributed by atoms with Crippen LogP contribution in [-0.2, 0) is 4.79 Å². The summed E-state index contributed by atoms with van der Waals surface area (Å²) in [6.45, 7) is 2.83. The van der Waals surface area contributed by atoms with E-state index in [0.29, 0.717) is 35.4 Å². The van der Waals surface area contributed by atoms with Crippen LogP contribution in [0.5, 0.6) is 5.75 Å². The number of fused-ring (bicyclic) bond motifs is 1. The maximum Gasteiger partial charge on any atom is 0.252 e. The molecule has 0 saturated carbocycles. The van der Waals surface area contributed by atoms with Gasteiger partial charge in [0.25, 0.3) is 5.91 Å². The number of hydrogen-bond donors (Lipinski definition) is 1. The monoisotopic (exact) mass is 349 g/mol. The fraction of sp³-hybridized carbons (Fsp3) is 0.200. The van der Waals surface area contributed by atoms with Crippen LogP contribution >= 0.6 is 0 Å². The largest absolute Gasteiger partial charge is 0.494 e. The minimum Gasteiger partial charge on any atom is -0.494 e. The molecule has 0 radical (unpaired) electrons. The number of amides is 1. The Kier molecular flexibility index (Phi) is 5.53. The number of carbonyl (C=O) groups is 2. The van der Waals surface area contributed by atoms with Gasteiger partial charge in [0.05, 0.1) is 17.9 Å². The van der Waals surface area contributed by atoms with Crippen molar-refractivity contribution in [2.75, 3.05) is 13.2 Å². The molecule has 0 fully saturated rings. The summed E-state index contributed by atoms with van der Waals surface area (Å²) in [5, 5.41) is 3.42. The van der Waals surface area contributed by atoms with E-state index in [9.17, 15) is 9.59 Å². The Morgan fingerprint density at radius 3 is 2.77 bits per heavy atom. The van der Waals surface area contributed by atoms with E-state index in [1.165, 1.54) is 0 Å². The van der Waals surface area contributed by atoms with Crippen LogP contribution in [0.1, 0.15) is 23.7 Å². The van der Waals surface area contributed by atoms with E-state index < -0.39 is 0 Å². The predicted octanol–water partition coefficient (Wildman–Crippen LogP) is 3.01. The maximum atomic E-state index is 12.6. The Balaban J connectivity index is 2.01. The lowest BCUT2D eigenvalue weighted by Gasteiger charge is -2.10. The van der Waals surface area contributed by atoms with Crippen LogP contribution in [-0.4, -0.2) is 35.3 Å². The third kappa shape index (κ3) is 3.85. The maximum absolute atomic E-state index is 12.6. The van der Waals surface area contributed by atoms with Gasteiger partial charge in [-0.05, 0) is 49.4 Å². The van der Waals surface area contributed by atoms with Crippen LogP contribution in [0.25, 0.3) is 22.3 Å². The highest BCUT2D eigenvalue weighted by Crippen LogP contribution is 2.25. The van der Waals surface area contributed by atoms with Crippen molar-refractivity contribution in [3.63, 3.8) is 0 Å². The molecule has 0 aliphatic rings. The van der Waals surface area contributed by atoms with Gasteiger partial charge < -0.3 is 14.8 Å². The van der Waals surface area contributed by atoms with Crippen LogP contribution in [0.3, 0.4) is 0 Å². The fourth-order valence-electron chi connectivity index (χ4n) is 2.62. The molecule has 6 nitrogen and oxygen atoms in total. The summed E-state index contributed by atoms with van der Waals surface area (Å²) in [4.78, 5) is 31.9. The molecule has 0 unspecified atom stereocenters. The van der Waals surface area contributed by atoms with E-state index in [2.05, 4.69) is 15.3 Å². The molecule has 3 rings (SSSR count). The van der Waals surface area contributed by atoms with Gasteiger partial charge >= 0.3 is 0 Å². The molecule has 0 aliphatic carbocycles. The Morgan fingerprint density at radius 1 is 1.23 bits per heavy atom. The molecule has 1 N–H and O–H groups in total. The molecule has 0 aliphatic heterocycles. The number of pyridine rings is 2. The third-order valence-corrected chi connectivity index (χ3v) is 3.84. The van der Waals surface area contributed by atoms with E-state index in [1.807, 2.05) is 37.3 Å². The van der Waals surface area contributed by atoms with Gasteiger partial charge in [0.15, 0.2) is 5.65 Å². The van der Waals surface area contributed by atoms with E-state index >= 15 is 0 Å². The zero-order valence-electron chi connectivity index (χ0n) is 14.4. The molecule has 2 aromatic heterocycles.